The van der Waals surface area contributed by atoms with Crippen molar-refractivity contribution in [1.29, 1.82) is 0 Å². The predicted molar refractivity (Wildman–Crippen MR) is 61.8 cm³/mol. The minimum Gasteiger partial charge on any atom is -0.313 e. The molecule has 0 aromatic rings. The van der Waals surface area contributed by atoms with Crippen LogP contribution in [-0.2, 0) is 4.79 Å². The van der Waals surface area contributed by atoms with Gasteiger partial charge in [0.15, 0.2) is 0 Å². The number of Topliss-reactive ketones (excluding diaryl/α,β-unsaturated/α-hetero) is 1. The molecule has 2 fully saturated rings. The molecule has 15 heavy (non-hydrogen) atoms. The van der Waals surface area contributed by atoms with Gasteiger partial charge in [-0.3, -0.25) is 4.79 Å². The lowest BCUT2D eigenvalue weighted by molar-refractivity contribution is -0.127. The van der Waals surface area contributed by atoms with Crippen LogP contribution in [0.15, 0.2) is 0 Å². The topological polar surface area (TPSA) is 29.1 Å². The molecular weight excluding hydrogens is 186 g/mol. The van der Waals surface area contributed by atoms with E-state index >= 15 is 0 Å². The highest BCUT2D eigenvalue weighted by Crippen LogP contribution is 2.29. The molecule has 2 atom stereocenters. The summed E-state index contributed by atoms with van der Waals surface area (Å²) in [7, 11) is 0. The van der Waals surface area contributed by atoms with Gasteiger partial charge < -0.3 is 5.32 Å². The smallest absolute Gasteiger partial charge is 0.140 e. The second kappa shape index (κ2) is 5.11. The molecule has 1 saturated carbocycles. The number of nitrogens with one attached hydrogen (secondary N) is 1. The first kappa shape index (κ1) is 11.1. The third-order valence-corrected chi connectivity index (χ3v) is 4.16. The van der Waals surface area contributed by atoms with Crippen LogP contribution in [0.3, 0.4) is 0 Å². The average Bonchev–Trinajstić information content (AvgIpc) is 2.82. The molecule has 86 valence electrons. The Morgan fingerprint density at radius 1 is 1.13 bits per heavy atom. The largest absolute Gasteiger partial charge is 0.313 e. The van der Waals surface area contributed by atoms with E-state index in [0.29, 0.717) is 17.7 Å². The Bertz CT molecular complexity index is 215. The monoisotopic (exact) mass is 209 g/mol. The lowest BCUT2D eigenvalue weighted by atomic mass is 9.84. The van der Waals surface area contributed by atoms with Gasteiger partial charge in [0.25, 0.3) is 0 Å². The fraction of sp³-hybridized carbons (Fsp3) is 0.923. The van der Waals surface area contributed by atoms with Crippen LogP contribution < -0.4 is 5.32 Å². The van der Waals surface area contributed by atoms with E-state index in [9.17, 15) is 4.79 Å². The van der Waals surface area contributed by atoms with Gasteiger partial charge in [-0.15, -0.1) is 0 Å². The molecule has 2 rings (SSSR count). The molecule has 1 heterocycles. The first-order valence-electron chi connectivity index (χ1n) is 6.56. The standard InChI is InChI=1S/C13H23NO/c1-10(12-8-4-5-9-14-12)13(15)11-6-2-3-7-11/h10-12,14H,2-9H2,1H3. The van der Waals surface area contributed by atoms with E-state index in [1.807, 2.05) is 0 Å². The Labute approximate surface area is 92.8 Å². The normalized spacial score (nSPS) is 30.3. The molecule has 2 unspecified atom stereocenters. The Hall–Kier alpha value is -0.370. The number of hydrogen-bond acceptors (Lipinski definition) is 2. The van der Waals surface area contributed by atoms with Crippen LogP contribution in [0.1, 0.15) is 51.9 Å². The quantitative estimate of drug-likeness (QED) is 0.774. The molecular formula is C13H23NO. The van der Waals surface area contributed by atoms with Gasteiger partial charge in [0, 0.05) is 17.9 Å². The minimum absolute atomic E-state index is 0.244. The first-order valence-corrected chi connectivity index (χ1v) is 6.56. The summed E-state index contributed by atoms with van der Waals surface area (Å²) >= 11 is 0. The molecule has 1 N–H and O–H groups in total. The molecule has 2 aliphatic rings. The maximum atomic E-state index is 12.2. The highest BCUT2D eigenvalue weighted by Gasteiger charge is 2.31. The van der Waals surface area contributed by atoms with E-state index in [0.717, 1.165) is 19.4 Å². The van der Waals surface area contributed by atoms with Gasteiger partial charge >= 0.3 is 0 Å². The SMILES string of the molecule is CC(C(=O)C1CCCC1)C1CCCCN1. The molecule has 0 bridgehead atoms. The Morgan fingerprint density at radius 2 is 1.80 bits per heavy atom. The Balaban J connectivity index is 1.87. The summed E-state index contributed by atoms with van der Waals surface area (Å²) in [4.78, 5) is 12.2. The molecule has 1 aliphatic heterocycles. The molecule has 2 nitrogen and oxygen atoms in total. The van der Waals surface area contributed by atoms with Crippen LogP contribution in [0.5, 0.6) is 0 Å². The van der Waals surface area contributed by atoms with Gasteiger partial charge in [0.05, 0.1) is 0 Å². The summed E-state index contributed by atoms with van der Waals surface area (Å²) in [6, 6.07) is 0.465. The van der Waals surface area contributed by atoms with Crippen molar-refractivity contribution < 1.29 is 4.79 Å². The van der Waals surface area contributed by atoms with E-state index in [1.165, 1.54) is 32.1 Å². The fourth-order valence-electron chi connectivity index (χ4n) is 3.09. The van der Waals surface area contributed by atoms with Crippen molar-refractivity contribution in [3.05, 3.63) is 0 Å². The average molecular weight is 209 g/mol. The van der Waals surface area contributed by atoms with Gasteiger partial charge in [-0.1, -0.05) is 26.2 Å². The molecule has 1 aliphatic carbocycles. The summed E-state index contributed by atoms with van der Waals surface area (Å²) in [5.74, 6) is 1.17. The van der Waals surface area contributed by atoms with E-state index in [-0.39, 0.29) is 5.92 Å². The molecule has 2 heteroatoms. The molecule has 0 amide bonds. The van der Waals surface area contributed by atoms with Crippen LogP contribution in [0.2, 0.25) is 0 Å². The summed E-state index contributed by atoms with van der Waals surface area (Å²) in [6.07, 6.45) is 8.59. The lowest BCUT2D eigenvalue weighted by Crippen LogP contribution is -2.43. The van der Waals surface area contributed by atoms with Crippen molar-refractivity contribution in [2.45, 2.75) is 57.9 Å². The van der Waals surface area contributed by atoms with E-state index in [2.05, 4.69) is 12.2 Å². The summed E-state index contributed by atoms with van der Waals surface area (Å²) in [5, 5.41) is 3.50. The van der Waals surface area contributed by atoms with E-state index in [1.54, 1.807) is 0 Å². The van der Waals surface area contributed by atoms with Gasteiger partial charge in [0.2, 0.25) is 0 Å². The van der Waals surface area contributed by atoms with Crippen molar-refractivity contribution in [3.63, 3.8) is 0 Å². The Morgan fingerprint density at radius 3 is 2.40 bits per heavy atom. The highest BCUT2D eigenvalue weighted by atomic mass is 16.1. The molecule has 1 saturated heterocycles. The molecule has 0 aromatic carbocycles. The number of rotatable bonds is 3. The van der Waals surface area contributed by atoms with Gasteiger partial charge in [0.1, 0.15) is 5.78 Å². The minimum atomic E-state index is 0.244. The summed E-state index contributed by atoms with van der Waals surface area (Å²) < 4.78 is 0. The van der Waals surface area contributed by atoms with E-state index < -0.39 is 0 Å². The van der Waals surface area contributed by atoms with Crippen LogP contribution in [0.4, 0.5) is 0 Å². The number of hydrogen-bond donors (Lipinski definition) is 1. The van der Waals surface area contributed by atoms with Crippen molar-refractivity contribution in [2.75, 3.05) is 6.54 Å². The van der Waals surface area contributed by atoms with Gasteiger partial charge in [-0.25, -0.2) is 0 Å². The van der Waals surface area contributed by atoms with Crippen molar-refractivity contribution in [1.82, 2.24) is 5.32 Å². The van der Waals surface area contributed by atoms with Crippen LogP contribution in [-0.4, -0.2) is 18.4 Å². The first-order chi connectivity index (χ1) is 7.29. The Kier molecular flexibility index (Phi) is 3.79. The third kappa shape index (κ3) is 2.60. The predicted octanol–water partition coefficient (Wildman–Crippen LogP) is 2.52. The zero-order valence-corrected chi connectivity index (χ0v) is 9.80. The molecule has 0 radical (unpaired) electrons. The van der Waals surface area contributed by atoms with E-state index in [4.69, 9.17) is 0 Å². The third-order valence-electron chi connectivity index (χ3n) is 4.16. The number of piperidine rings is 1. The maximum Gasteiger partial charge on any atom is 0.140 e. The summed E-state index contributed by atoms with van der Waals surface area (Å²) in [6.45, 7) is 3.23. The zero-order valence-electron chi connectivity index (χ0n) is 9.80. The summed E-state index contributed by atoms with van der Waals surface area (Å²) in [5.41, 5.74) is 0. The van der Waals surface area contributed by atoms with Crippen LogP contribution in [0, 0.1) is 11.8 Å². The number of carbonyl (C=O) groups excluding carboxylic acids is 1. The van der Waals surface area contributed by atoms with Crippen molar-refractivity contribution >= 4 is 5.78 Å². The zero-order chi connectivity index (χ0) is 10.7. The van der Waals surface area contributed by atoms with Crippen LogP contribution >= 0.6 is 0 Å². The van der Waals surface area contributed by atoms with Gasteiger partial charge in [-0.05, 0) is 32.2 Å². The van der Waals surface area contributed by atoms with Crippen molar-refractivity contribution in [3.8, 4) is 0 Å². The fourth-order valence-corrected chi connectivity index (χ4v) is 3.09. The van der Waals surface area contributed by atoms with Gasteiger partial charge in [-0.2, -0.15) is 0 Å². The maximum absolute atomic E-state index is 12.2. The van der Waals surface area contributed by atoms with Crippen molar-refractivity contribution in [2.24, 2.45) is 11.8 Å². The lowest BCUT2D eigenvalue weighted by Gasteiger charge is -2.29. The highest BCUT2D eigenvalue weighted by molar-refractivity contribution is 5.84. The molecule has 0 aromatic heterocycles. The molecule has 0 spiro atoms. The number of ketones is 1. The second-order valence-corrected chi connectivity index (χ2v) is 5.23. The second-order valence-electron chi connectivity index (χ2n) is 5.23. The number of carbonyl (C=O) groups is 1. The van der Waals surface area contributed by atoms with Crippen LogP contribution in [0.25, 0.3) is 0 Å².